The number of rotatable bonds is 4. The smallest absolute Gasteiger partial charge is 0.251 e. The molecule has 1 amide bonds. The monoisotopic (exact) mass is 415 g/mol. The van der Waals surface area contributed by atoms with Gasteiger partial charge in [0.25, 0.3) is 5.91 Å². The first kappa shape index (κ1) is 22.1. The summed E-state index contributed by atoms with van der Waals surface area (Å²) in [6.45, 7) is 7.21. The standard InChI is InChI=1S/C19H29N3O3S.ClH/c1-14-8-11-22(12-9-14)26(24,25)17-5-3-16(4-6-17)19(23)21-18-7-10-20-13-15(18)2;/h3-6,14-15,18,20H,7-13H2,1-2H3,(H,21,23);1H. The zero-order valence-electron chi connectivity index (χ0n) is 16.0. The van der Waals surface area contributed by atoms with E-state index in [9.17, 15) is 13.2 Å². The summed E-state index contributed by atoms with van der Waals surface area (Å²) in [5, 5.41) is 6.39. The molecule has 2 unspecified atom stereocenters. The highest BCUT2D eigenvalue weighted by Crippen LogP contribution is 2.23. The van der Waals surface area contributed by atoms with Crippen LogP contribution in [0.2, 0.25) is 0 Å². The minimum atomic E-state index is -3.47. The van der Waals surface area contributed by atoms with Crippen molar-refractivity contribution in [1.29, 1.82) is 0 Å². The SMILES string of the molecule is CC1CCN(S(=O)(=O)c2ccc(C(=O)NC3CCNCC3C)cc2)CC1.Cl. The topological polar surface area (TPSA) is 78.5 Å². The largest absolute Gasteiger partial charge is 0.349 e. The van der Waals surface area contributed by atoms with E-state index < -0.39 is 10.0 Å². The lowest BCUT2D eigenvalue weighted by molar-refractivity contribution is 0.0914. The number of halogens is 1. The number of nitrogens with one attached hydrogen (secondary N) is 2. The molecule has 0 aromatic heterocycles. The first-order chi connectivity index (χ1) is 12.4. The minimum Gasteiger partial charge on any atom is -0.349 e. The molecule has 0 radical (unpaired) electrons. The van der Waals surface area contributed by atoms with Crippen molar-refractivity contribution in [2.45, 2.75) is 44.0 Å². The second-order valence-corrected chi connectivity index (χ2v) is 9.60. The molecule has 1 aromatic carbocycles. The summed E-state index contributed by atoms with van der Waals surface area (Å²) in [6, 6.07) is 6.48. The van der Waals surface area contributed by atoms with Gasteiger partial charge in [0.05, 0.1) is 4.90 Å². The quantitative estimate of drug-likeness (QED) is 0.790. The molecule has 0 bridgehead atoms. The summed E-state index contributed by atoms with van der Waals surface area (Å²) in [7, 11) is -3.47. The molecule has 8 heteroatoms. The van der Waals surface area contributed by atoms with Crippen molar-refractivity contribution < 1.29 is 13.2 Å². The van der Waals surface area contributed by atoms with Crippen LogP contribution in [-0.2, 0) is 10.0 Å². The molecular weight excluding hydrogens is 386 g/mol. The van der Waals surface area contributed by atoms with Gasteiger partial charge in [0.1, 0.15) is 0 Å². The van der Waals surface area contributed by atoms with Crippen LogP contribution in [0.1, 0.15) is 43.5 Å². The van der Waals surface area contributed by atoms with E-state index in [4.69, 9.17) is 0 Å². The summed E-state index contributed by atoms with van der Waals surface area (Å²) in [4.78, 5) is 12.7. The summed E-state index contributed by atoms with van der Waals surface area (Å²) in [6.07, 6.45) is 2.70. The van der Waals surface area contributed by atoms with Crippen LogP contribution in [-0.4, -0.2) is 50.9 Å². The Morgan fingerprint density at radius 3 is 2.33 bits per heavy atom. The van der Waals surface area contributed by atoms with Gasteiger partial charge < -0.3 is 10.6 Å². The van der Waals surface area contributed by atoms with Gasteiger partial charge in [-0.25, -0.2) is 8.42 Å². The Hall–Kier alpha value is -1.15. The third-order valence-electron chi connectivity index (χ3n) is 5.60. The summed E-state index contributed by atoms with van der Waals surface area (Å²) in [5.41, 5.74) is 0.502. The van der Waals surface area contributed by atoms with Gasteiger partial charge in [0, 0.05) is 24.7 Å². The van der Waals surface area contributed by atoms with Gasteiger partial charge in [0.15, 0.2) is 0 Å². The zero-order chi connectivity index (χ0) is 18.7. The van der Waals surface area contributed by atoms with Crippen molar-refractivity contribution in [2.24, 2.45) is 11.8 Å². The number of carbonyl (C=O) groups is 1. The van der Waals surface area contributed by atoms with Crippen molar-refractivity contribution in [3.05, 3.63) is 29.8 Å². The van der Waals surface area contributed by atoms with Crippen LogP contribution in [0.15, 0.2) is 29.2 Å². The van der Waals surface area contributed by atoms with Crippen LogP contribution < -0.4 is 10.6 Å². The van der Waals surface area contributed by atoms with Crippen molar-refractivity contribution >= 4 is 28.3 Å². The third kappa shape index (κ3) is 5.22. The molecule has 27 heavy (non-hydrogen) atoms. The highest BCUT2D eigenvalue weighted by atomic mass is 35.5. The average molecular weight is 416 g/mol. The molecule has 0 aliphatic carbocycles. The van der Waals surface area contributed by atoms with E-state index in [2.05, 4.69) is 24.5 Å². The van der Waals surface area contributed by atoms with Crippen molar-refractivity contribution in [1.82, 2.24) is 14.9 Å². The van der Waals surface area contributed by atoms with E-state index in [1.807, 2.05) is 0 Å². The van der Waals surface area contributed by atoms with Crippen molar-refractivity contribution in [2.75, 3.05) is 26.2 Å². The first-order valence-corrected chi connectivity index (χ1v) is 10.9. The molecule has 2 aliphatic heterocycles. The second-order valence-electron chi connectivity index (χ2n) is 7.66. The molecule has 0 saturated carbocycles. The third-order valence-corrected chi connectivity index (χ3v) is 7.51. The van der Waals surface area contributed by atoms with E-state index in [1.54, 1.807) is 28.6 Å². The molecule has 2 N–H and O–H groups in total. The molecule has 152 valence electrons. The molecule has 1 aromatic rings. The lowest BCUT2D eigenvalue weighted by atomic mass is 9.95. The number of sulfonamides is 1. The predicted molar refractivity (Wildman–Crippen MR) is 109 cm³/mol. The minimum absolute atomic E-state index is 0. The van der Waals surface area contributed by atoms with E-state index in [0.717, 1.165) is 32.4 Å². The van der Waals surface area contributed by atoms with Crippen LogP contribution in [0.4, 0.5) is 0 Å². The maximum Gasteiger partial charge on any atom is 0.251 e. The lowest BCUT2D eigenvalue weighted by Crippen LogP contribution is -2.48. The van der Waals surface area contributed by atoms with Crippen LogP contribution in [0, 0.1) is 11.8 Å². The molecule has 3 rings (SSSR count). The van der Waals surface area contributed by atoms with Crippen LogP contribution in [0.25, 0.3) is 0 Å². The molecular formula is C19H30ClN3O3S. The van der Waals surface area contributed by atoms with Gasteiger partial charge in [-0.15, -0.1) is 12.4 Å². The Morgan fingerprint density at radius 1 is 1.11 bits per heavy atom. The number of piperidine rings is 2. The normalized spacial score (nSPS) is 24.8. The number of nitrogens with zero attached hydrogens (tertiary/aromatic N) is 1. The molecule has 2 atom stereocenters. The fourth-order valence-corrected chi connectivity index (χ4v) is 5.10. The molecule has 2 fully saturated rings. The van der Waals surface area contributed by atoms with Crippen molar-refractivity contribution in [3.63, 3.8) is 0 Å². The molecule has 2 heterocycles. The first-order valence-electron chi connectivity index (χ1n) is 9.49. The van der Waals surface area contributed by atoms with E-state index in [-0.39, 0.29) is 29.3 Å². The number of hydrogen-bond acceptors (Lipinski definition) is 4. The molecule has 2 aliphatic rings. The number of hydrogen-bond donors (Lipinski definition) is 2. The highest BCUT2D eigenvalue weighted by Gasteiger charge is 2.28. The maximum absolute atomic E-state index is 12.8. The van der Waals surface area contributed by atoms with Crippen LogP contribution >= 0.6 is 12.4 Å². The fourth-order valence-electron chi connectivity index (χ4n) is 3.63. The van der Waals surface area contributed by atoms with Crippen LogP contribution in [0.5, 0.6) is 0 Å². The Morgan fingerprint density at radius 2 is 1.74 bits per heavy atom. The van der Waals surface area contributed by atoms with E-state index in [0.29, 0.717) is 30.5 Å². The van der Waals surface area contributed by atoms with Gasteiger partial charge in [0.2, 0.25) is 10.0 Å². The number of carbonyl (C=O) groups excluding carboxylic acids is 1. The number of benzene rings is 1. The lowest BCUT2D eigenvalue weighted by Gasteiger charge is -2.30. The number of amides is 1. The molecule has 6 nitrogen and oxygen atoms in total. The summed E-state index contributed by atoms with van der Waals surface area (Å²) < 4.78 is 27.1. The molecule has 0 spiro atoms. The van der Waals surface area contributed by atoms with Gasteiger partial charge >= 0.3 is 0 Å². The fraction of sp³-hybridized carbons (Fsp3) is 0.632. The van der Waals surface area contributed by atoms with Gasteiger partial charge in [-0.1, -0.05) is 13.8 Å². The predicted octanol–water partition coefficient (Wildman–Crippen LogP) is 2.26. The Labute approximate surface area is 168 Å². The van der Waals surface area contributed by atoms with Crippen molar-refractivity contribution in [3.8, 4) is 0 Å². The maximum atomic E-state index is 12.8. The highest BCUT2D eigenvalue weighted by molar-refractivity contribution is 7.89. The summed E-state index contributed by atoms with van der Waals surface area (Å²) in [5.74, 6) is 0.818. The summed E-state index contributed by atoms with van der Waals surface area (Å²) >= 11 is 0. The van der Waals surface area contributed by atoms with E-state index in [1.165, 1.54) is 0 Å². The Bertz CT molecular complexity index is 731. The zero-order valence-corrected chi connectivity index (χ0v) is 17.6. The Kier molecular flexibility index (Phi) is 7.68. The molecule has 2 saturated heterocycles. The Balaban J connectivity index is 0.00000261. The second kappa shape index (κ2) is 9.37. The van der Waals surface area contributed by atoms with Gasteiger partial charge in [-0.2, -0.15) is 4.31 Å². The van der Waals surface area contributed by atoms with Gasteiger partial charge in [-0.05, 0) is 68.5 Å². The average Bonchev–Trinajstić information content (AvgIpc) is 2.64. The van der Waals surface area contributed by atoms with Gasteiger partial charge in [-0.3, -0.25) is 4.79 Å². The van der Waals surface area contributed by atoms with E-state index >= 15 is 0 Å². The van der Waals surface area contributed by atoms with Crippen LogP contribution in [0.3, 0.4) is 0 Å².